The molecule has 130 valence electrons. The molecule has 23 heavy (non-hydrogen) atoms. The van der Waals surface area contributed by atoms with Crippen molar-refractivity contribution < 1.29 is 9.53 Å². The quantitative estimate of drug-likeness (QED) is 0.331. The molecule has 2 rings (SSSR count). The van der Waals surface area contributed by atoms with E-state index in [0.717, 1.165) is 38.4 Å². The Bertz CT molecular complexity index is 525. The summed E-state index contributed by atoms with van der Waals surface area (Å²) in [7, 11) is 1.46. The van der Waals surface area contributed by atoms with Gasteiger partial charge in [-0.1, -0.05) is 0 Å². The second-order valence-electron chi connectivity index (χ2n) is 5.47. The number of aryl methyl sites for hydroxylation is 1. The fourth-order valence-electron chi connectivity index (χ4n) is 2.64. The lowest BCUT2D eigenvalue weighted by molar-refractivity contribution is -0.146. The van der Waals surface area contributed by atoms with Crippen molar-refractivity contribution in [1.29, 1.82) is 0 Å². The van der Waals surface area contributed by atoms with Crippen LogP contribution in [0.25, 0.3) is 0 Å². The highest BCUT2D eigenvalue weighted by atomic mass is 127. The molecule has 0 aliphatic carbocycles. The van der Waals surface area contributed by atoms with Crippen LogP contribution in [0.4, 0.5) is 0 Å². The van der Waals surface area contributed by atoms with E-state index >= 15 is 0 Å². The summed E-state index contributed by atoms with van der Waals surface area (Å²) in [5.41, 5.74) is 0. The van der Waals surface area contributed by atoms with Gasteiger partial charge in [-0.25, -0.2) is 4.99 Å². The van der Waals surface area contributed by atoms with Crippen molar-refractivity contribution in [2.24, 2.45) is 10.9 Å². The highest BCUT2D eigenvalue weighted by Gasteiger charge is 2.26. The van der Waals surface area contributed by atoms with Crippen LogP contribution in [0.1, 0.15) is 29.5 Å². The minimum atomic E-state index is -0.0874. The molecule has 2 heterocycles. The van der Waals surface area contributed by atoms with Crippen molar-refractivity contribution in [2.75, 3.05) is 26.7 Å². The summed E-state index contributed by atoms with van der Waals surface area (Å²) in [6.07, 6.45) is 1.66. The minimum absolute atomic E-state index is 0. The predicted molar refractivity (Wildman–Crippen MR) is 106 cm³/mol. The summed E-state index contributed by atoms with van der Waals surface area (Å²) in [6.45, 7) is 7.42. The van der Waals surface area contributed by atoms with E-state index in [1.807, 2.05) is 0 Å². The van der Waals surface area contributed by atoms with Crippen LogP contribution in [0, 0.1) is 12.8 Å². The summed E-state index contributed by atoms with van der Waals surface area (Å²) in [5, 5.41) is 3.35. The maximum absolute atomic E-state index is 11.6. The first-order valence-corrected chi connectivity index (χ1v) is 8.62. The van der Waals surface area contributed by atoms with Gasteiger partial charge < -0.3 is 15.0 Å². The monoisotopic (exact) mass is 451 g/mol. The summed E-state index contributed by atoms with van der Waals surface area (Å²) < 4.78 is 4.84. The number of hydrogen-bond donors (Lipinski definition) is 1. The van der Waals surface area contributed by atoms with E-state index in [1.165, 1.54) is 16.9 Å². The van der Waals surface area contributed by atoms with Gasteiger partial charge in [0.15, 0.2) is 5.96 Å². The van der Waals surface area contributed by atoms with Crippen molar-refractivity contribution in [1.82, 2.24) is 10.2 Å². The zero-order valence-electron chi connectivity index (χ0n) is 14.0. The molecule has 0 atom stereocenters. The van der Waals surface area contributed by atoms with Gasteiger partial charge in [-0.15, -0.1) is 35.3 Å². The van der Waals surface area contributed by atoms with Crippen molar-refractivity contribution in [3.05, 3.63) is 21.9 Å². The third-order valence-electron chi connectivity index (χ3n) is 3.84. The van der Waals surface area contributed by atoms with E-state index in [9.17, 15) is 4.79 Å². The van der Waals surface area contributed by atoms with Gasteiger partial charge in [-0.3, -0.25) is 4.79 Å². The molecule has 1 N–H and O–H groups in total. The summed E-state index contributed by atoms with van der Waals surface area (Å²) in [5.74, 6) is 0.886. The van der Waals surface area contributed by atoms with E-state index in [4.69, 9.17) is 9.73 Å². The van der Waals surface area contributed by atoms with E-state index in [0.29, 0.717) is 6.54 Å². The topological polar surface area (TPSA) is 53.9 Å². The van der Waals surface area contributed by atoms with Crippen LogP contribution >= 0.6 is 35.3 Å². The van der Waals surface area contributed by atoms with Gasteiger partial charge in [0.05, 0.1) is 19.6 Å². The van der Waals surface area contributed by atoms with Gasteiger partial charge in [0.2, 0.25) is 0 Å². The standard InChI is InChI=1S/C16H25N3O2S.HI/c1-4-17-16(18-11-14-6-5-12(2)22-14)19-9-7-13(8-10-19)15(20)21-3;/h5-6,13H,4,7-11H2,1-3H3,(H,17,18);1H. The van der Waals surface area contributed by atoms with Crippen LogP contribution in [0.2, 0.25) is 0 Å². The van der Waals surface area contributed by atoms with Crippen molar-refractivity contribution in [3.8, 4) is 0 Å². The highest BCUT2D eigenvalue weighted by molar-refractivity contribution is 14.0. The number of halogens is 1. The number of rotatable bonds is 4. The van der Waals surface area contributed by atoms with Crippen LogP contribution in [0.5, 0.6) is 0 Å². The molecular weight excluding hydrogens is 425 g/mol. The zero-order valence-corrected chi connectivity index (χ0v) is 17.1. The van der Waals surface area contributed by atoms with Crippen molar-refractivity contribution in [2.45, 2.75) is 33.2 Å². The Kier molecular flexibility index (Phi) is 8.90. The van der Waals surface area contributed by atoms with Crippen LogP contribution in [-0.2, 0) is 16.1 Å². The first-order chi connectivity index (χ1) is 10.6. The Morgan fingerprint density at radius 2 is 2.13 bits per heavy atom. The van der Waals surface area contributed by atoms with Gasteiger partial charge in [0.25, 0.3) is 0 Å². The molecule has 1 aromatic rings. The SMILES string of the molecule is CCNC(=NCc1ccc(C)s1)N1CCC(C(=O)OC)CC1.I. The molecule has 1 saturated heterocycles. The number of thiophene rings is 1. The summed E-state index contributed by atoms with van der Waals surface area (Å²) >= 11 is 1.79. The van der Waals surface area contributed by atoms with Gasteiger partial charge in [-0.05, 0) is 38.8 Å². The second-order valence-corrected chi connectivity index (χ2v) is 6.84. The predicted octanol–water partition coefficient (Wildman–Crippen LogP) is 3.03. The smallest absolute Gasteiger partial charge is 0.308 e. The maximum Gasteiger partial charge on any atom is 0.308 e. The van der Waals surface area contributed by atoms with Crippen LogP contribution in [0.15, 0.2) is 17.1 Å². The number of methoxy groups -OCH3 is 1. The van der Waals surface area contributed by atoms with Crippen LogP contribution in [-0.4, -0.2) is 43.6 Å². The zero-order chi connectivity index (χ0) is 15.9. The number of guanidine groups is 1. The third-order valence-corrected chi connectivity index (χ3v) is 4.83. The number of carbonyl (C=O) groups is 1. The molecule has 1 aromatic heterocycles. The van der Waals surface area contributed by atoms with Gasteiger partial charge in [0.1, 0.15) is 0 Å². The first kappa shape index (κ1) is 20.2. The average molecular weight is 451 g/mol. The molecule has 1 aliphatic rings. The van der Waals surface area contributed by atoms with Gasteiger partial charge in [-0.2, -0.15) is 0 Å². The second kappa shape index (κ2) is 10.1. The lowest BCUT2D eigenvalue weighted by Gasteiger charge is -2.33. The molecule has 0 radical (unpaired) electrons. The number of ether oxygens (including phenoxy) is 1. The Hall–Kier alpha value is -0.830. The molecule has 0 bridgehead atoms. The molecule has 7 heteroatoms. The number of nitrogens with one attached hydrogen (secondary N) is 1. The summed E-state index contributed by atoms with van der Waals surface area (Å²) in [6, 6.07) is 4.26. The number of nitrogens with zero attached hydrogens (tertiary/aromatic N) is 2. The Morgan fingerprint density at radius 1 is 1.43 bits per heavy atom. The number of piperidine rings is 1. The fraction of sp³-hybridized carbons (Fsp3) is 0.625. The number of carbonyl (C=O) groups excluding carboxylic acids is 1. The molecule has 0 amide bonds. The van der Waals surface area contributed by atoms with Crippen molar-refractivity contribution >= 4 is 47.2 Å². The van der Waals surface area contributed by atoms with E-state index < -0.39 is 0 Å². The Labute approximate surface area is 159 Å². The lowest BCUT2D eigenvalue weighted by atomic mass is 9.97. The Balaban J connectivity index is 0.00000264. The number of hydrogen-bond acceptors (Lipinski definition) is 4. The summed E-state index contributed by atoms with van der Waals surface area (Å²) in [4.78, 5) is 21.2. The molecule has 1 aliphatic heterocycles. The van der Waals surface area contributed by atoms with Crippen molar-refractivity contribution in [3.63, 3.8) is 0 Å². The molecule has 0 spiro atoms. The third kappa shape index (κ3) is 5.95. The molecule has 0 saturated carbocycles. The van der Waals surface area contributed by atoms with Gasteiger partial charge >= 0.3 is 5.97 Å². The molecule has 1 fully saturated rings. The fourth-order valence-corrected chi connectivity index (χ4v) is 3.46. The molecule has 0 unspecified atom stereocenters. The minimum Gasteiger partial charge on any atom is -0.469 e. The van der Waals surface area contributed by atoms with Crippen LogP contribution < -0.4 is 5.32 Å². The van der Waals surface area contributed by atoms with Gasteiger partial charge in [0, 0.05) is 29.4 Å². The molecule has 0 aromatic carbocycles. The van der Waals surface area contributed by atoms with Crippen LogP contribution in [0.3, 0.4) is 0 Å². The largest absolute Gasteiger partial charge is 0.469 e. The number of esters is 1. The Morgan fingerprint density at radius 3 is 2.65 bits per heavy atom. The van der Waals surface area contributed by atoms with E-state index in [-0.39, 0.29) is 35.9 Å². The van der Waals surface area contributed by atoms with E-state index in [2.05, 4.69) is 36.2 Å². The number of aliphatic imine (C=N–C) groups is 1. The first-order valence-electron chi connectivity index (χ1n) is 7.80. The molecule has 5 nitrogen and oxygen atoms in total. The normalized spacial score (nSPS) is 16.0. The van der Waals surface area contributed by atoms with E-state index in [1.54, 1.807) is 11.3 Å². The highest BCUT2D eigenvalue weighted by Crippen LogP contribution is 2.19. The number of likely N-dealkylation sites (tertiary alicyclic amines) is 1. The lowest BCUT2D eigenvalue weighted by Crippen LogP contribution is -2.46. The maximum atomic E-state index is 11.6. The average Bonchev–Trinajstić information content (AvgIpc) is 2.96. The molecular formula is C16H26IN3O2S.